The Labute approximate surface area is 83.2 Å². The minimum absolute atomic E-state index is 0.887. The summed E-state index contributed by atoms with van der Waals surface area (Å²) in [7, 11) is 2.00. The van der Waals surface area contributed by atoms with Crippen molar-refractivity contribution in [2.45, 2.75) is 0 Å². The fourth-order valence-electron chi connectivity index (χ4n) is 1.13. The van der Waals surface area contributed by atoms with Crippen LogP contribution >= 0.6 is 0 Å². The van der Waals surface area contributed by atoms with Crippen LogP contribution in [0.3, 0.4) is 0 Å². The quantitative estimate of drug-likeness (QED) is 0.613. The molecule has 0 spiro atoms. The average Bonchev–Trinajstić information content (AvgIpc) is 2.70. The van der Waals surface area contributed by atoms with E-state index in [1.807, 2.05) is 48.7 Å². The van der Waals surface area contributed by atoms with Gasteiger partial charge in [-0.3, -0.25) is 0 Å². The van der Waals surface area contributed by atoms with Crippen molar-refractivity contribution >= 4 is 12.6 Å². The Morgan fingerprint density at radius 1 is 1.21 bits per heavy atom. The Hall–Kier alpha value is -1.90. The first-order valence-corrected chi connectivity index (χ1v) is 4.41. The Morgan fingerprint density at radius 3 is 2.64 bits per heavy atom. The minimum Gasteiger partial charge on any atom is -0.357 e. The van der Waals surface area contributed by atoms with Gasteiger partial charge in [0, 0.05) is 19.4 Å². The first-order chi connectivity index (χ1) is 6.84. The second-order valence-corrected chi connectivity index (χ2v) is 3.08. The highest BCUT2D eigenvalue weighted by Gasteiger charge is 1.95. The molecule has 0 fully saturated rings. The Kier molecular flexibility index (Phi) is 2.40. The van der Waals surface area contributed by atoms with E-state index in [0.717, 1.165) is 11.3 Å². The van der Waals surface area contributed by atoms with E-state index < -0.39 is 0 Å². The lowest BCUT2D eigenvalue weighted by Crippen LogP contribution is -2.02. The van der Waals surface area contributed by atoms with Gasteiger partial charge in [-0.05, 0) is 23.8 Å². The van der Waals surface area contributed by atoms with E-state index in [2.05, 4.69) is 9.98 Å². The highest BCUT2D eigenvalue weighted by atomic mass is 15.0. The monoisotopic (exact) mass is 185 g/mol. The van der Waals surface area contributed by atoms with Crippen molar-refractivity contribution in [2.24, 2.45) is 9.98 Å². The molecule has 0 saturated carbocycles. The van der Waals surface area contributed by atoms with Crippen LogP contribution in [-0.4, -0.2) is 24.5 Å². The van der Waals surface area contributed by atoms with E-state index in [9.17, 15) is 0 Å². The van der Waals surface area contributed by atoms with Gasteiger partial charge in [-0.2, -0.15) is 0 Å². The van der Waals surface area contributed by atoms with Crippen LogP contribution in [0.1, 0.15) is 0 Å². The van der Waals surface area contributed by atoms with E-state index >= 15 is 0 Å². The molecule has 2 aliphatic rings. The molecule has 0 aromatic heterocycles. The van der Waals surface area contributed by atoms with E-state index in [4.69, 9.17) is 0 Å². The molecule has 0 saturated heterocycles. The van der Waals surface area contributed by atoms with Crippen molar-refractivity contribution in [2.75, 3.05) is 7.05 Å². The van der Waals surface area contributed by atoms with E-state index in [1.165, 1.54) is 0 Å². The second kappa shape index (κ2) is 3.87. The van der Waals surface area contributed by atoms with Gasteiger partial charge in [0.2, 0.25) is 0 Å². The molecule has 3 nitrogen and oxygen atoms in total. The summed E-state index contributed by atoms with van der Waals surface area (Å²) in [4.78, 5) is 9.93. The largest absolute Gasteiger partial charge is 0.357 e. The molecule has 14 heavy (non-hydrogen) atoms. The molecule has 2 aliphatic heterocycles. The molecule has 2 heterocycles. The van der Waals surface area contributed by atoms with Gasteiger partial charge in [0.05, 0.1) is 11.9 Å². The molecule has 0 aromatic rings. The van der Waals surface area contributed by atoms with Crippen LogP contribution in [0.2, 0.25) is 0 Å². The van der Waals surface area contributed by atoms with Gasteiger partial charge in [-0.15, -0.1) is 0 Å². The third kappa shape index (κ3) is 2.07. The number of allylic oxidation sites excluding steroid dienone is 6. The van der Waals surface area contributed by atoms with Crippen LogP contribution in [0.4, 0.5) is 0 Å². The number of hydrogen-bond acceptors (Lipinski definition) is 3. The van der Waals surface area contributed by atoms with Crippen molar-refractivity contribution < 1.29 is 0 Å². The van der Waals surface area contributed by atoms with Gasteiger partial charge in [0.25, 0.3) is 0 Å². The topological polar surface area (TPSA) is 28.0 Å². The molecule has 70 valence electrons. The maximum atomic E-state index is 4.05. The van der Waals surface area contributed by atoms with Crippen LogP contribution in [0.25, 0.3) is 0 Å². The number of aliphatic imine (C=N–C) groups is 2. The zero-order chi connectivity index (χ0) is 9.80. The van der Waals surface area contributed by atoms with Gasteiger partial charge in [-0.1, -0.05) is 6.08 Å². The number of hydrogen-bond donors (Lipinski definition) is 0. The van der Waals surface area contributed by atoms with E-state index in [0.29, 0.717) is 0 Å². The highest BCUT2D eigenvalue weighted by Crippen LogP contribution is 2.08. The Balaban J connectivity index is 2.09. The van der Waals surface area contributed by atoms with Gasteiger partial charge < -0.3 is 4.90 Å². The van der Waals surface area contributed by atoms with Crippen molar-refractivity contribution in [1.82, 2.24) is 4.90 Å². The first kappa shape index (κ1) is 8.69. The number of nitrogens with zero attached hydrogens (tertiary/aromatic N) is 3. The highest BCUT2D eigenvalue weighted by molar-refractivity contribution is 5.91. The lowest BCUT2D eigenvalue weighted by Gasteiger charge is -2.11. The molecule has 0 N–H and O–H groups in total. The SMILES string of the molecule is CN1C=CC(=C/C=C2\C=NC=N2)C=C1. The fourth-order valence-corrected chi connectivity index (χ4v) is 1.13. The molecule has 3 heteroatoms. The maximum absolute atomic E-state index is 4.05. The van der Waals surface area contributed by atoms with Crippen molar-refractivity contribution in [3.63, 3.8) is 0 Å². The predicted molar refractivity (Wildman–Crippen MR) is 59.2 cm³/mol. The summed E-state index contributed by atoms with van der Waals surface area (Å²) in [5.74, 6) is 0. The normalized spacial score (nSPS) is 21.4. The van der Waals surface area contributed by atoms with Crippen LogP contribution in [-0.2, 0) is 0 Å². The van der Waals surface area contributed by atoms with Gasteiger partial charge in [0.1, 0.15) is 6.34 Å². The Bertz CT molecular complexity index is 365. The predicted octanol–water partition coefficient (Wildman–Crippen LogP) is 1.88. The zero-order valence-corrected chi connectivity index (χ0v) is 7.96. The standard InChI is InChI=1S/C11H11N3/c1-14-6-4-10(5-7-14)2-3-11-8-12-9-13-11/h2-9H,1H3/b11-3+. The molecule has 0 aromatic carbocycles. The van der Waals surface area contributed by atoms with Crippen LogP contribution in [0.5, 0.6) is 0 Å². The van der Waals surface area contributed by atoms with Crippen LogP contribution in [0, 0.1) is 0 Å². The number of rotatable bonds is 1. The lowest BCUT2D eigenvalue weighted by molar-refractivity contribution is 0.620. The van der Waals surface area contributed by atoms with Gasteiger partial charge in [0.15, 0.2) is 0 Å². The summed E-state index contributed by atoms with van der Waals surface area (Å²) in [6.45, 7) is 0. The van der Waals surface area contributed by atoms with E-state index in [1.54, 1.807) is 12.6 Å². The van der Waals surface area contributed by atoms with Crippen molar-refractivity contribution in [1.29, 1.82) is 0 Å². The lowest BCUT2D eigenvalue weighted by atomic mass is 10.2. The third-order valence-electron chi connectivity index (χ3n) is 1.93. The summed E-state index contributed by atoms with van der Waals surface area (Å²) < 4.78 is 0. The molecular formula is C11H11N3. The molecule has 0 radical (unpaired) electrons. The van der Waals surface area contributed by atoms with Crippen LogP contribution in [0.15, 0.2) is 58.0 Å². The molecule has 0 aliphatic carbocycles. The van der Waals surface area contributed by atoms with E-state index in [-0.39, 0.29) is 0 Å². The maximum Gasteiger partial charge on any atom is 0.116 e. The smallest absolute Gasteiger partial charge is 0.116 e. The Morgan fingerprint density at radius 2 is 2.00 bits per heavy atom. The first-order valence-electron chi connectivity index (χ1n) is 4.41. The molecule has 0 amide bonds. The summed E-state index contributed by atoms with van der Waals surface area (Å²) in [5, 5.41) is 0. The molecule has 0 atom stereocenters. The third-order valence-corrected chi connectivity index (χ3v) is 1.93. The zero-order valence-electron chi connectivity index (χ0n) is 7.96. The second-order valence-electron chi connectivity index (χ2n) is 3.08. The molecule has 2 rings (SSSR count). The van der Waals surface area contributed by atoms with Gasteiger partial charge >= 0.3 is 0 Å². The molecule has 0 unspecified atom stereocenters. The van der Waals surface area contributed by atoms with Crippen LogP contribution < -0.4 is 0 Å². The van der Waals surface area contributed by atoms with Crippen molar-refractivity contribution in [3.8, 4) is 0 Å². The summed E-state index contributed by atoms with van der Waals surface area (Å²) in [6.07, 6.45) is 15.4. The minimum atomic E-state index is 0.887. The van der Waals surface area contributed by atoms with Gasteiger partial charge in [-0.25, -0.2) is 9.98 Å². The average molecular weight is 185 g/mol. The fraction of sp³-hybridized carbons (Fsp3) is 0.0909. The van der Waals surface area contributed by atoms with Crippen molar-refractivity contribution in [3.05, 3.63) is 48.0 Å². The summed E-state index contributed by atoms with van der Waals surface area (Å²) in [6, 6.07) is 0. The summed E-state index contributed by atoms with van der Waals surface area (Å²) >= 11 is 0. The molecular weight excluding hydrogens is 174 g/mol. The molecule has 0 bridgehead atoms. The summed E-state index contributed by atoms with van der Waals surface area (Å²) in [5.41, 5.74) is 2.05.